The molecule has 0 spiro atoms. The van der Waals surface area contributed by atoms with Gasteiger partial charge in [0.15, 0.2) is 0 Å². The topological polar surface area (TPSA) is 73.7 Å². The Bertz CT molecular complexity index is 924. The van der Waals surface area contributed by atoms with E-state index in [0.717, 1.165) is 84.0 Å². The van der Waals surface area contributed by atoms with Crippen LogP contribution in [-0.4, -0.2) is 58.7 Å². The number of nitrogens with zero attached hydrogens (tertiary/aromatic N) is 3. The molecule has 0 aromatic carbocycles. The lowest BCUT2D eigenvalue weighted by molar-refractivity contribution is -0.150. The fraction of sp³-hybridized carbons (Fsp3) is 0.896. The summed E-state index contributed by atoms with van der Waals surface area (Å²) < 4.78 is 13.7. The molecule has 0 aliphatic rings. The highest BCUT2D eigenvalue weighted by atomic mass is 16.5. The first-order chi connectivity index (χ1) is 27.1. The van der Waals surface area contributed by atoms with Crippen LogP contribution in [0.2, 0.25) is 0 Å². The van der Waals surface area contributed by atoms with Crippen molar-refractivity contribution in [3.05, 3.63) is 18.7 Å². The lowest BCUT2D eigenvalue weighted by Gasteiger charge is -2.22. The SMILES string of the molecule is CCCCCCCCCCCOC(=O)CCCCCN(CCCCCCCC(=O)OC(CCCCCCCC)CCCCCCCC)CCCn1ccnc1. The van der Waals surface area contributed by atoms with Crippen LogP contribution < -0.4 is 0 Å². The molecule has 1 aromatic rings. The van der Waals surface area contributed by atoms with Crippen molar-refractivity contribution in [2.24, 2.45) is 0 Å². The monoisotopic (exact) mass is 774 g/mol. The predicted molar refractivity (Wildman–Crippen MR) is 234 cm³/mol. The van der Waals surface area contributed by atoms with Gasteiger partial charge in [0.2, 0.25) is 0 Å². The first kappa shape index (κ1) is 51.1. The number of hydrogen-bond acceptors (Lipinski definition) is 6. The van der Waals surface area contributed by atoms with Crippen molar-refractivity contribution in [3.63, 3.8) is 0 Å². The second kappa shape index (κ2) is 40.3. The lowest BCUT2D eigenvalue weighted by Crippen LogP contribution is -2.28. The van der Waals surface area contributed by atoms with Gasteiger partial charge in [-0.2, -0.15) is 0 Å². The Labute approximate surface area is 341 Å². The van der Waals surface area contributed by atoms with Gasteiger partial charge in [0.1, 0.15) is 6.10 Å². The summed E-state index contributed by atoms with van der Waals surface area (Å²) in [4.78, 5) is 31.9. The maximum absolute atomic E-state index is 12.8. The van der Waals surface area contributed by atoms with E-state index in [1.165, 1.54) is 148 Å². The maximum Gasteiger partial charge on any atom is 0.306 e. The van der Waals surface area contributed by atoms with Crippen LogP contribution in [0, 0.1) is 0 Å². The van der Waals surface area contributed by atoms with E-state index in [1.807, 2.05) is 18.7 Å². The molecule has 55 heavy (non-hydrogen) atoms. The number of imidazole rings is 1. The minimum atomic E-state index is -0.0221. The highest BCUT2D eigenvalue weighted by molar-refractivity contribution is 5.69. The zero-order valence-electron chi connectivity index (χ0n) is 36.9. The quantitative estimate of drug-likeness (QED) is 0.0486. The van der Waals surface area contributed by atoms with Crippen molar-refractivity contribution >= 4 is 11.9 Å². The standard InChI is InChI=1S/C48H91N3O4/c1-4-7-10-13-16-17-18-24-32-44-54-47(52)36-29-25-31-40-50(41-33-42-51-43-38-49-45-51)39-30-23-19-22-28-37-48(53)55-46(34-26-20-14-11-8-5-2)35-27-21-15-12-9-6-3/h38,43,45-46H,4-37,39-42,44H2,1-3H3. The molecule has 0 unspecified atom stereocenters. The normalized spacial score (nSPS) is 11.6. The van der Waals surface area contributed by atoms with Gasteiger partial charge in [0, 0.05) is 31.8 Å². The summed E-state index contributed by atoms with van der Waals surface area (Å²) in [5, 5.41) is 0. The molecule has 0 aliphatic carbocycles. The van der Waals surface area contributed by atoms with E-state index in [9.17, 15) is 9.59 Å². The zero-order chi connectivity index (χ0) is 39.7. The molecule has 0 bridgehead atoms. The third-order valence-corrected chi connectivity index (χ3v) is 11.2. The van der Waals surface area contributed by atoms with Gasteiger partial charge in [-0.3, -0.25) is 9.59 Å². The third-order valence-electron chi connectivity index (χ3n) is 11.2. The number of carbonyl (C=O) groups is 2. The number of rotatable bonds is 43. The Morgan fingerprint density at radius 1 is 0.527 bits per heavy atom. The van der Waals surface area contributed by atoms with E-state index >= 15 is 0 Å². The first-order valence-corrected chi connectivity index (χ1v) is 24.1. The van der Waals surface area contributed by atoms with E-state index in [2.05, 4.69) is 35.2 Å². The minimum absolute atomic E-state index is 0.0221. The highest BCUT2D eigenvalue weighted by Gasteiger charge is 2.14. The second-order valence-electron chi connectivity index (χ2n) is 16.6. The Morgan fingerprint density at radius 3 is 1.49 bits per heavy atom. The molecule has 0 amide bonds. The molecule has 0 saturated carbocycles. The molecular formula is C48H91N3O4. The highest BCUT2D eigenvalue weighted by Crippen LogP contribution is 2.19. The lowest BCUT2D eigenvalue weighted by atomic mass is 10.0. The van der Waals surface area contributed by atoms with Crippen molar-refractivity contribution < 1.29 is 19.1 Å². The molecule has 0 fully saturated rings. The van der Waals surface area contributed by atoms with Crippen molar-refractivity contribution in [1.29, 1.82) is 0 Å². The van der Waals surface area contributed by atoms with Gasteiger partial charge in [-0.05, 0) is 83.8 Å². The van der Waals surface area contributed by atoms with Gasteiger partial charge in [0.25, 0.3) is 0 Å². The summed E-state index contributed by atoms with van der Waals surface area (Å²) in [5.41, 5.74) is 0. The molecular weight excluding hydrogens is 683 g/mol. The van der Waals surface area contributed by atoms with Crippen molar-refractivity contribution in [2.75, 3.05) is 26.2 Å². The first-order valence-electron chi connectivity index (χ1n) is 24.1. The van der Waals surface area contributed by atoms with Crippen LogP contribution in [0.5, 0.6) is 0 Å². The largest absolute Gasteiger partial charge is 0.466 e. The fourth-order valence-corrected chi connectivity index (χ4v) is 7.63. The van der Waals surface area contributed by atoms with Crippen molar-refractivity contribution in [1.82, 2.24) is 14.5 Å². The van der Waals surface area contributed by atoms with Gasteiger partial charge in [-0.1, -0.05) is 162 Å². The Balaban J connectivity index is 2.25. The molecule has 322 valence electrons. The van der Waals surface area contributed by atoms with Crippen LogP contribution >= 0.6 is 0 Å². The van der Waals surface area contributed by atoms with E-state index in [4.69, 9.17) is 9.47 Å². The van der Waals surface area contributed by atoms with Crippen LogP contribution in [0.3, 0.4) is 0 Å². The molecule has 7 heteroatoms. The van der Waals surface area contributed by atoms with Gasteiger partial charge < -0.3 is 18.9 Å². The van der Waals surface area contributed by atoms with Gasteiger partial charge in [-0.25, -0.2) is 4.98 Å². The van der Waals surface area contributed by atoms with Gasteiger partial charge in [0.05, 0.1) is 12.9 Å². The molecule has 0 aliphatic heterocycles. The minimum Gasteiger partial charge on any atom is -0.466 e. The summed E-state index contributed by atoms with van der Waals surface area (Å²) in [5.74, 6) is 0.00395. The molecule has 1 rings (SSSR count). The zero-order valence-corrected chi connectivity index (χ0v) is 36.9. The number of aromatic nitrogens is 2. The van der Waals surface area contributed by atoms with E-state index in [-0.39, 0.29) is 18.0 Å². The Morgan fingerprint density at radius 2 is 0.964 bits per heavy atom. The smallest absolute Gasteiger partial charge is 0.306 e. The number of ether oxygens (including phenoxy) is 2. The molecule has 1 aromatic heterocycles. The summed E-state index contributed by atoms with van der Waals surface area (Å²) in [6.07, 6.45) is 45.9. The second-order valence-corrected chi connectivity index (χ2v) is 16.6. The number of aryl methyl sites for hydroxylation is 1. The summed E-state index contributed by atoms with van der Waals surface area (Å²) in [7, 11) is 0. The van der Waals surface area contributed by atoms with E-state index < -0.39 is 0 Å². The summed E-state index contributed by atoms with van der Waals surface area (Å²) in [6, 6.07) is 0. The Kier molecular flexibility index (Phi) is 37.5. The number of hydrogen-bond donors (Lipinski definition) is 0. The van der Waals surface area contributed by atoms with Gasteiger partial charge >= 0.3 is 11.9 Å². The van der Waals surface area contributed by atoms with Crippen LogP contribution in [0.15, 0.2) is 18.7 Å². The van der Waals surface area contributed by atoms with Crippen LogP contribution in [0.1, 0.15) is 239 Å². The number of carbonyl (C=O) groups excluding carboxylic acids is 2. The fourth-order valence-electron chi connectivity index (χ4n) is 7.63. The molecule has 7 nitrogen and oxygen atoms in total. The molecule has 0 radical (unpaired) electrons. The average molecular weight is 774 g/mol. The average Bonchev–Trinajstić information content (AvgIpc) is 3.71. The summed E-state index contributed by atoms with van der Waals surface area (Å²) >= 11 is 0. The summed E-state index contributed by atoms with van der Waals surface area (Å²) in [6.45, 7) is 11.7. The number of esters is 2. The maximum atomic E-state index is 12.8. The molecule has 1 heterocycles. The van der Waals surface area contributed by atoms with Crippen LogP contribution in [-0.2, 0) is 25.6 Å². The molecule has 0 atom stereocenters. The van der Waals surface area contributed by atoms with E-state index in [1.54, 1.807) is 0 Å². The van der Waals surface area contributed by atoms with Gasteiger partial charge in [-0.15, -0.1) is 0 Å². The number of unbranched alkanes of at least 4 members (excludes halogenated alkanes) is 24. The molecule has 0 N–H and O–H groups in total. The predicted octanol–water partition coefficient (Wildman–Crippen LogP) is 14.0. The van der Waals surface area contributed by atoms with E-state index in [0.29, 0.717) is 19.4 Å². The van der Waals surface area contributed by atoms with Crippen molar-refractivity contribution in [3.8, 4) is 0 Å². The molecule has 0 saturated heterocycles. The van der Waals surface area contributed by atoms with Crippen LogP contribution in [0.4, 0.5) is 0 Å². The Hall–Kier alpha value is -1.89. The van der Waals surface area contributed by atoms with Crippen molar-refractivity contribution in [2.45, 2.75) is 252 Å². The van der Waals surface area contributed by atoms with Crippen LogP contribution in [0.25, 0.3) is 0 Å². The third kappa shape index (κ3) is 35.0.